The van der Waals surface area contributed by atoms with Gasteiger partial charge >= 0.3 is 0 Å². The van der Waals surface area contributed by atoms with E-state index in [-0.39, 0.29) is 0 Å². The van der Waals surface area contributed by atoms with E-state index < -0.39 is 0 Å². The third-order valence-electron chi connectivity index (χ3n) is 23.8. The number of hydrogen-bond acceptors (Lipinski definition) is 24. The molecule has 20 nitrogen and oxygen atoms in total. The Hall–Kier alpha value is -14.7. The Morgan fingerprint density at radius 3 is 1.23 bits per heavy atom. The fraction of sp³-hybridized carbons (Fsp3) is 0. The van der Waals surface area contributed by atoms with E-state index in [9.17, 15) is 0 Å². The summed E-state index contributed by atoms with van der Waals surface area (Å²) in [6.07, 6.45) is 0. The number of fused-ring (bicyclic) bond motifs is 6. The van der Waals surface area contributed by atoms with Crippen LogP contribution in [0.3, 0.4) is 0 Å². The van der Waals surface area contributed by atoms with Gasteiger partial charge in [-0.15, -0.1) is 22.7 Å². The zero-order chi connectivity index (χ0) is 84.4. The fourth-order valence-corrected chi connectivity index (χ4v) is 24.0. The van der Waals surface area contributed by atoms with Gasteiger partial charge in [-0.05, 0) is 193 Å². The van der Waals surface area contributed by atoms with E-state index in [1.165, 1.54) is 4.70 Å². The van der Waals surface area contributed by atoms with Crippen molar-refractivity contribution in [2.24, 2.45) is 0 Å². The third-order valence-corrected chi connectivity index (χ3v) is 29.5. The largest absolute Gasteiger partial charge is 0.453 e. The maximum atomic E-state index is 6.89. The molecule has 31 rings (SSSR count). The first-order chi connectivity index (χ1) is 63.5. The molecule has 0 fully saturated rings. The molecule has 0 saturated carbocycles. The van der Waals surface area contributed by atoms with Crippen LogP contribution in [0, 0.1) is 0 Å². The van der Waals surface area contributed by atoms with E-state index in [0.717, 1.165) is 216 Å². The van der Waals surface area contributed by atoms with E-state index in [4.69, 9.17) is 80.7 Å². The Balaban J connectivity index is 0.0000000958. The van der Waals surface area contributed by atoms with E-state index in [1.54, 1.807) is 46.2 Å². The van der Waals surface area contributed by atoms with Crippen LogP contribution in [0.4, 0.5) is 51.2 Å². The zero-order valence-corrected chi connectivity index (χ0v) is 73.9. The van der Waals surface area contributed by atoms with Crippen LogP contribution in [-0.2, 0) is 0 Å². The third kappa shape index (κ3) is 11.1. The summed E-state index contributed by atoms with van der Waals surface area (Å²) < 4.78 is 76.1. The Bertz CT molecular complexity index is 8670. The molecule has 0 saturated heterocycles. The average molecular weight is 1940 g/mol. The van der Waals surface area contributed by atoms with Crippen molar-refractivity contribution >= 4 is 210 Å². The predicted molar refractivity (Wildman–Crippen MR) is 510 cm³/mol. The van der Waals surface area contributed by atoms with Crippen LogP contribution < -0.4 is 47.9 Å². The van der Waals surface area contributed by atoms with Gasteiger partial charge in [-0.2, -0.15) is 0 Å². The van der Waals surface area contributed by atoms with Gasteiger partial charge in [0.2, 0.25) is 23.6 Å². The molecule has 15 heterocycles. The Kier molecular flexibility index (Phi) is 15.3. The highest BCUT2D eigenvalue weighted by atomic mass is 79.9. The van der Waals surface area contributed by atoms with Crippen molar-refractivity contribution in [1.29, 1.82) is 0 Å². The number of thiazole rings is 2. The molecule has 0 N–H and O–H groups in total. The molecule has 0 aliphatic carbocycles. The normalized spacial score (nSPS) is 13.6. The molecule has 129 heavy (non-hydrogen) atoms. The highest BCUT2D eigenvalue weighted by Gasteiger charge is 2.48. The highest BCUT2D eigenvalue weighted by molar-refractivity contribution is 9.11. The molecular weight excluding hydrogens is 1900 g/mol. The first kappa shape index (κ1) is 72.5. The maximum Gasteiger partial charge on any atom is 0.231 e. The van der Waals surface area contributed by atoms with Gasteiger partial charge in [0.15, 0.2) is 103 Å². The van der Waals surface area contributed by atoms with Crippen LogP contribution in [0.25, 0.3) is 143 Å². The van der Waals surface area contributed by atoms with Gasteiger partial charge < -0.3 is 50.8 Å². The zero-order valence-electron chi connectivity index (χ0n) is 65.8. The lowest BCUT2D eigenvalue weighted by atomic mass is 10.0. The number of aromatic nitrogens is 6. The summed E-state index contributed by atoms with van der Waals surface area (Å²) in [4.78, 5) is 40.2. The van der Waals surface area contributed by atoms with E-state index in [2.05, 4.69) is 141 Å². The quantitative estimate of drug-likeness (QED) is 0.145. The number of rotatable bonds is 7. The molecular formula is C102H46Br3N9O11S4. The number of benzene rings is 16. The topological polar surface area (TPSA) is 204 Å². The van der Waals surface area contributed by atoms with Crippen LogP contribution in [0.1, 0.15) is 0 Å². The lowest BCUT2D eigenvalue weighted by molar-refractivity contribution is 0.417. The summed E-state index contributed by atoms with van der Waals surface area (Å²) in [6.45, 7) is 0. The highest BCUT2D eigenvalue weighted by Crippen LogP contribution is 2.73. The monoisotopic (exact) mass is 1940 g/mol. The molecule has 0 atom stereocenters. The van der Waals surface area contributed by atoms with Crippen LogP contribution >= 0.6 is 94.0 Å². The van der Waals surface area contributed by atoms with E-state index >= 15 is 0 Å². The van der Waals surface area contributed by atoms with Gasteiger partial charge in [-0.1, -0.05) is 168 Å². The van der Waals surface area contributed by atoms with E-state index in [0.29, 0.717) is 86.5 Å². The van der Waals surface area contributed by atoms with Crippen LogP contribution in [0.2, 0.25) is 0 Å². The van der Waals surface area contributed by atoms with Crippen LogP contribution in [0.5, 0.6) is 80.5 Å². The molecule has 0 spiro atoms. The first-order valence-corrected chi connectivity index (χ1v) is 46.5. The van der Waals surface area contributed by atoms with Crippen molar-refractivity contribution < 1.29 is 50.8 Å². The smallest absolute Gasteiger partial charge is 0.231 e. The van der Waals surface area contributed by atoms with Gasteiger partial charge in [0.05, 0.1) is 42.0 Å². The summed E-state index contributed by atoms with van der Waals surface area (Å²) in [5.41, 5.74) is 23.4. The number of anilines is 9. The number of nitrogens with zero attached hydrogens (tertiary/aromatic N) is 9. The minimum atomic E-state index is 0.464. The Morgan fingerprint density at radius 2 is 0.643 bits per heavy atom. The summed E-state index contributed by atoms with van der Waals surface area (Å²) in [7, 11) is 0. The minimum absolute atomic E-state index is 0.464. The molecule has 9 aliphatic heterocycles. The number of oxazole rings is 4. The lowest BCUT2D eigenvalue weighted by Gasteiger charge is -2.42. The van der Waals surface area contributed by atoms with Gasteiger partial charge in [0, 0.05) is 44.8 Å². The van der Waals surface area contributed by atoms with Gasteiger partial charge in [0.1, 0.15) is 83.3 Å². The summed E-state index contributed by atoms with van der Waals surface area (Å²) in [5.74, 6) is 11.7. The molecule has 16 aromatic carbocycles. The minimum Gasteiger partial charge on any atom is -0.453 e. The van der Waals surface area contributed by atoms with Crippen LogP contribution in [0.15, 0.2) is 330 Å². The predicted octanol–water partition coefficient (Wildman–Crippen LogP) is 32.9. The summed E-state index contributed by atoms with van der Waals surface area (Å²) in [6, 6.07) is 92.4. The second-order valence-electron chi connectivity index (χ2n) is 31.5. The molecule has 0 radical (unpaired) electrons. The van der Waals surface area contributed by atoms with Crippen molar-refractivity contribution in [2.75, 3.05) is 14.7 Å². The SMILES string of the molecule is Brc1cc2c3c(c1)Oc1c(-c4nc5ccccc5o4)ccc4c1N3c1c(ccc(-c3nc5ccccc5o3)c1S4)O2.Brc1cc2c3c(c1)Oc1cc(-c4nc5cc(-c6ccccc6)ccc5o4)cc4c1N3c1c(cc(-c3nc5ccccc5o3)cc1O4)O2.Brc1cc2c3c(c1)Sc1cc(-c4nc5ccccc5s4)cc4c1N3c1c(ccc(-c3nc5ccccc5s3)c1O4)O2. The molecule has 0 unspecified atom stereocenters. The molecule has 6 aromatic heterocycles. The van der Waals surface area contributed by atoms with Crippen molar-refractivity contribution in [3.63, 3.8) is 0 Å². The van der Waals surface area contributed by atoms with Crippen molar-refractivity contribution in [3.8, 4) is 159 Å². The van der Waals surface area contributed by atoms with Crippen molar-refractivity contribution in [2.45, 2.75) is 19.6 Å². The Morgan fingerprint density at radius 1 is 0.233 bits per heavy atom. The summed E-state index contributed by atoms with van der Waals surface area (Å²) >= 11 is 17.8. The first-order valence-electron chi connectivity index (χ1n) is 40.8. The van der Waals surface area contributed by atoms with Gasteiger partial charge in [-0.3, -0.25) is 14.7 Å². The van der Waals surface area contributed by atoms with Crippen molar-refractivity contribution in [1.82, 2.24) is 29.9 Å². The second-order valence-corrected chi connectivity index (χ2v) is 38.5. The number of para-hydroxylation sites is 8. The second kappa shape index (κ2) is 27.2. The van der Waals surface area contributed by atoms with Gasteiger partial charge in [0.25, 0.3) is 0 Å². The average Bonchev–Trinajstić information content (AvgIpc) is 1.67. The molecule has 9 aliphatic rings. The fourth-order valence-electron chi connectivity index (χ4n) is 18.2. The Labute approximate surface area is 769 Å². The molecule has 0 bridgehead atoms. The lowest BCUT2D eigenvalue weighted by Crippen LogP contribution is -2.24. The number of hydrogen-bond donors (Lipinski definition) is 0. The molecule has 0 amide bonds. The van der Waals surface area contributed by atoms with Gasteiger partial charge in [-0.25, -0.2) is 29.9 Å². The molecule has 27 heteroatoms. The van der Waals surface area contributed by atoms with Crippen molar-refractivity contribution in [3.05, 3.63) is 292 Å². The standard InChI is InChI=1S/C38H18BrN3O5.C32H14BrN3O4S.C32H14BrN3O2S3/c39-23-17-32-36-33(18-23)45-31-16-22(38-41-25-12-20(10-11-27(25)47-38)19-6-2-1-3-7-19)15-29-35(31)42(36)34-28(43-29)13-21(14-30(34)44-32)37-40-24-8-4-5-9-26(24)46-37;33-15-13-23-26-24(14-15)38-29-16(31-34-18-5-1-3-7-20(18)39-31)10-12-25-28(29)36(26)27-22(37-23)11-9-17(30(27)41-25)32-35-19-6-2-4-8-21(19)40-32;33-16-13-22-28-26(14-16)39-25-12-15(31-34-18-5-1-3-7-23(18)40-31)11-21-27(25)36(28)29-20(37-22)10-9-17(30(29)38-21)32-35-19-6-2-4-8-24(19)41-32/h1-18H;2*1-14H. The summed E-state index contributed by atoms with van der Waals surface area (Å²) in [5, 5.41) is 1.89. The maximum absolute atomic E-state index is 6.89. The number of halogens is 3. The molecule has 610 valence electrons. The molecule has 22 aromatic rings. The number of ether oxygens (including phenoxy) is 7. The van der Waals surface area contributed by atoms with E-state index in [1.807, 2.05) is 200 Å². The van der Waals surface area contributed by atoms with Crippen LogP contribution in [-0.4, -0.2) is 29.9 Å².